The molecule has 2 aromatic carbocycles. The van der Waals surface area contributed by atoms with Crippen molar-refractivity contribution in [2.75, 3.05) is 5.32 Å². The van der Waals surface area contributed by atoms with Gasteiger partial charge in [0.25, 0.3) is 0 Å². The van der Waals surface area contributed by atoms with Crippen molar-refractivity contribution in [3.8, 4) is 5.69 Å². The topological polar surface area (TPSA) is 88.5 Å². The number of amides is 1. The molecule has 2 aromatic heterocycles. The van der Waals surface area contributed by atoms with E-state index >= 15 is 0 Å². The maximum absolute atomic E-state index is 12.5. The van der Waals surface area contributed by atoms with Gasteiger partial charge >= 0.3 is 0 Å². The molecule has 7 heteroatoms. The minimum atomic E-state index is -0.0679. The van der Waals surface area contributed by atoms with E-state index in [9.17, 15) is 4.79 Å². The summed E-state index contributed by atoms with van der Waals surface area (Å²) in [7, 11) is 0. The number of aryl methyl sites for hydroxylation is 1. The molecule has 0 spiro atoms. The average molecular weight is 332 g/mol. The van der Waals surface area contributed by atoms with E-state index in [-0.39, 0.29) is 5.91 Å². The van der Waals surface area contributed by atoms with Gasteiger partial charge < -0.3 is 10.3 Å². The van der Waals surface area contributed by atoms with Crippen molar-refractivity contribution in [2.24, 2.45) is 0 Å². The van der Waals surface area contributed by atoms with Crippen LogP contribution in [0.2, 0.25) is 0 Å². The number of nitrogens with one attached hydrogen (secondary N) is 2. The Kier molecular flexibility index (Phi) is 3.74. The number of carbonyl (C=O) groups excluding carboxylic acids is 1. The van der Waals surface area contributed by atoms with Gasteiger partial charge in [0.1, 0.15) is 6.33 Å². The molecule has 0 aliphatic rings. The monoisotopic (exact) mass is 332 g/mol. The second-order valence-corrected chi connectivity index (χ2v) is 5.80. The molecule has 2 N–H and O–H groups in total. The average Bonchev–Trinajstić information content (AvgIpc) is 3.24. The summed E-state index contributed by atoms with van der Waals surface area (Å²) in [4.78, 5) is 15.8. The van der Waals surface area contributed by atoms with E-state index in [1.807, 2.05) is 55.5 Å². The highest BCUT2D eigenvalue weighted by Gasteiger charge is 2.12. The van der Waals surface area contributed by atoms with Gasteiger partial charge in [-0.15, -0.1) is 5.10 Å². The number of para-hydroxylation sites is 1. The quantitative estimate of drug-likeness (QED) is 0.601. The van der Waals surface area contributed by atoms with E-state index in [1.165, 1.54) is 6.33 Å². The lowest BCUT2D eigenvalue weighted by Crippen LogP contribution is -2.15. The van der Waals surface area contributed by atoms with E-state index in [1.54, 1.807) is 4.68 Å². The number of aromatic amines is 1. The molecule has 0 atom stereocenters. The van der Waals surface area contributed by atoms with E-state index < -0.39 is 0 Å². The summed E-state index contributed by atoms with van der Waals surface area (Å²) < 4.78 is 1.54. The van der Waals surface area contributed by atoms with E-state index in [2.05, 4.69) is 25.8 Å². The van der Waals surface area contributed by atoms with Gasteiger partial charge in [0.15, 0.2) is 0 Å². The number of benzene rings is 2. The fraction of sp³-hybridized carbons (Fsp3) is 0.111. The Morgan fingerprint density at radius 3 is 2.92 bits per heavy atom. The minimum absolute atomic E-state index is 0.0679. The number of tetrazole rings is 1. The molecule has 0 aliphatic heterocycles. The van der Waals surface area contributed by atoms with Crippen LogP contribution in [0.25, 0.3) is 16.6 Å². The molecule has 0 aliphatic carbocycles. The summed E-state index contributed by atoms with van der Waals surface area (Å²) in [6.45, 7) is 1.99. The van der Waals surface area contributed by atoms with Gasteiger partial charge in [0.05, 0.1) is 12.1 Å². The normalized spacial score (nSPS) is 10.9. The predicted molar refractivity (Wildman–Crippen MR) is 94.5 cm³/mol. The number of hydrogen-bond acceptors (Lipinski definition) is 4. The molecule has 124 valence electrons. The Morgan fingerprint density at radius 2 is 2.08 bits per heavy atom. The molecular weight excluding hydrogens is 316 g/mol. The number of hydrogen-bond donors (Lipinski definition) is 2. The molecule has 0 saturated carbocycles. The van der Waals surface area contributed by atoms with Crippen LogP contribution in [-0.2, 0) is 11.2 Å². The molecule has 0 radical (unpaired) electrons. The summed E-state index contributed by atoms with van der Waals surface area (Å²) in [5.74, 6) is -0.0679. The summed E-state index contributed by atoms with van der Waals surface area (Å²) in [5.41, 5.74) is 4.56. The smallest absolute Gasteiger partial charge is 0.228 e. The zero-order chi connectivity index (χ0) is 17.2. The first-order valence-electron chi connectivity index (χ1n) is 7.90. The largest absolute Gasteiger partial charge is 0.358 e. The van der Waals surface area contributed by atoms with Crippen LogP contribution in [0.1, 0.15) is 11.3 Å². The van der Waals surface area contributed by atoms with Gasteiger partial charge in [-0.2, -0.15) is 0 Å². The van der Waals surface area contributed by atoms with Crippen LogP contribution in [0.15, 0.2) is 54.9 Å². The van der Waals surface area contributed by atoms with Crippen LogP contribution >= 0.6 is 0 Å². The zero-order valence-electron chi connectivity index (χ0n) is 13.6. The molecule has 0 fully saturated rings. The van der Waals surface area contributed by atoms with Gasteiger partial charge in [-0.25, -0.2) is 4.68 Å². The Hall–Kier alpha value is -3.48. The Bertz CT molecular complexity index is 1030. The highest BCUT2D eigenvalue weighted by atomic mass is 16.1. The number of fused-ring (bicyclic) bond motifs is 1. The van der Waals surface area contributed by atoms with E-state index in [0.29, 0.717) is 12.1 Å². The Morgan fingerprint density at radius 1 is 1.20 bits per heavy atom. The first-order chi connectivity index (χ1) is 12.2. The third kappa shape index (κ3) is 2.99. The zero-order valence-corrected chi connectivity index (χ0v) is 13.6. The van der Waals surface area contributed by atoms with Crippen LogP contribution in [0.5, 0.6) is 0 Å². The highest BCUT2D eigenvalue weighted by molar-refractivity contribution is 5.96. The highest BCUT2D eigenvalue weighted by Crippen LogP contribution is 2.23. The van der Waals surface area contributed by atoms with Crippen molar-refractivity contribution in [2.45, 2.75) is 13.3 Å². The standard InChI is InChI=1S/C18H16N6O/c1-12-16(15-7-2-3-8-17(15)20-12)10-18(25)21-13-5-4-6-14(9-13)24-11-19-22-23-24/h2-9,11,20H,10H2,1H3,(H,21,25). The van der Waals surface area contributed by atoms with Crippen molar-refractivity contribution in [1.82, 2.24) is 25.2 Å². The van der Waals surface area contributed by atoms with Gasteiger partial charge in [0.2, 0.25) is 5.91 Å². The third-order valence-corrected chi connectivity index (χ3v) is 4.11. The van der Waals surface area contributed by atoms with Gasteiger partial charge in [0, 0.05) is 22.3 Å². The van der Waals surface area contributed by atoms with Crippen LogP contribution in [0.3, 0.4) is 0 Å². The predicted octanol–water partition coefficient (Wildman–Crippen LogP) is 2.63. The summed E-state index contributed by atoms with van der Waals surface area (Å²) in [6, 6.07) is 15.4. The lowest BCUT2D eigenvalue weighted by atomic mass is 10.1. The van der Waals surface area contributed by atoms with E-state index in [0.717, 1.165) is 27.8 Å². The number of rotatable bonds is 4. The first-order valence-corrected chi connectivity index (χ1v) is 7.90. The van der Waals surface area contributed by atoms with Crippen molar-refractivity contribution in [3.05, 3.63) is 66.1 Å². The number of anilines is 1. The molecule has 2 heterocycles. The van der Waals surface area contributed by atoms with Gasteiger partial charge in [-0.3, -0.25) is 4.79 Å². The fourth-order valence-electron chi connectivity index (χ4n) is 2.93. The number of carbonyl (C=O) groups is 1. The molecular formula is C18H16N6O. The number of aromatic nitrogens is 5. The van der Waals surface area contributed by atoms with Crippen molar-refractivity contribution in [1.29, 1.82) is 0 Å². The molecule has 25 heavy (non-hydrogen) atoms. The maximum Gasteiger partial charge on any atom is 0.228 e. The molecule has 0 bridgehead atoms. The number of nitrogens with zero attached hydrogens (tertiary/aromatic N) is 4. The van der Waals surface area contributed by atoms with Crippen LogP contribution in [0.4, 0.5) is 5.69 Å². The van der Waals surface area contributed by atoms with Crippen LogP contribution < -0.4 is 5.32 Å². The third-order valence-electron chi connectivity index (χ3n) is 4.11. The van der Waals surface area contributed by atoms with Crippen LogP contribution in [-0.4, -0.2) is 31.1 Å². The second kappa shape index (κ2) is 6.20. The SMILES string of the molecule is Cc1[nH]c2ccccc2c1CC(=O)Nc1cccc(-n2cnnn2)c1. The van der Waals surface area contributed by atoms with Crippen LogP contribution in [0, 0.1) is 6.92 Å². The molecule has 7 nitrogen and oxygen atoms in total. The van der Waals surface area contributed by atoms with Crippen molar-refractivity contribution < 1.29 is 4.79 Å². The Labute approximate surface area is 143 Å². The van der Waals surface area contributed by atoms with E-state index in [4.69, 9.17) is 0 Å². The Balaban J connectivity index is 1.54. The lowest BCUT2D eigenvalue weighted by molar-refractivity contribution is -0.115. The van der Waals surface area contributed by atoms with Gasteiger partial charge in [-0.1, -0.05) is 24.3 Å². The minimum Gasteiger partial charge on any atom is -0.358 e. The molecule has 1 amide bonds. The molecule has 4 aromatic rings. The molecule has 4 rings (SSSR count). The van der Waals surface area contributed by atoms with Gasteiger partial charge in [-0.05, 0) is 47.2 Å². The maximum atomic E-state index is 12.5. The van der Waals surface area contributed by atoms with Crippen molar-refractivity contribution in [3.63, 3.8) is 0 Å². The lowest BCUT2D eigenvalue weighted by Gasteiger charge is -2.07. The summed E-state index contributed by atoms with van der Waals surface area (Å²) in [6.07, 6.45) is 1.82. The molecule has 0 saturated heterocycles. The molecule has 0 unspecified atom stereocenters. The second-order valence-electron chi connectivity index (χ2n) is 5.80. The summed E-state index contributed by atoms with van der Waals surface area (Å²) in [5, 5.41) is 15.1. The first kappa shape index (κ1) is 15.1. The fourth-order valence-corrected chi connectivity index (χ4v) is 2.93. The van der Waals surface area contributed by atoms with Crippen molar-refractivity contribution >= 4 is 22.5 Å². The number of H-pyrrole nitrogens is 1. The summed E-state index contributed by atoms with van der Waals surface area (Å²) >= 11 is 0.